The van der Waals surface area contributed by atoms with E-state index in [0.717, 1.165) is 26.1 Å². The van der Waals surface area contributed by atoms with Crippen molar-refractivity contribution in [2.45, 2.75) is 25.7 Å². The summed E-state index contributed by atoms with van der Waals surface area (Å²) >= 11 is 0. The van der Waals surface area contributed by atoms with Crippen LogP contribution in [0.25, 0.3) is 0 Å². The highest BCUT2D eigenvalue weighted by molar-refractivity contribution is 5.76. The molecule has 1 aromatic carbocycles. The van der Waals surface area contributed by atoms with E-state index in [2.05, 4.69) is 34.9 Å². The van der Waals surface area contributed by atoms with E-state index in [-0.39, 0.29) is 5.91 Å². The van der Waals surface area contributed by atoms with Gasteiger partial charge < -0.3 is 10.6 Å². The van der Waals surface area contributed by atoms with E-state index in [4.69, 9.17) is 0 Å². The maximum absolute atomic E-state index is 11.5. The third-order valence-electron chi connectivity index (χ3n) is 3.29. The van der Waals surface area contributed by atoms with Crippen LogP contribution in [0.1, 0.15) is 30.4 Å². The Labute approximate surface area is 103 Å². The Morgan fingerprint density at radius 2 is 2.24 bits per heavy atom. The number of hydrogen-bond acceptors (Lipinski definition) is 2. The van der Waals surface area contributed by atoms with Gasteiger partial charge in [0.05, 0.1) is 0 Å². The zero-order valence-corrected chi connectivity index (χ0v) is 10.3. The van der Waals surface area contributed by atoms with E-state index in [0.29, 0.717) is 12.3 Å². The number of benzene rings is 1. The van der Waals surface area contributed by atoms with Gasteiger partial charge in [0.15, 0.2) is 0 Å². The molecule has 92 valence electrons. The zero-order chi connectivity index (χ0) is 12.1. The van der Waals surface area contributed by atoms with Crippen LogP contribution in [0.2, 0.25) is 0 Å². The van der Waals surface area contributed by atoms with Crippen molar-refractivity contribution in [3.63, 3.8) is 0 Å². The molecule has 1 aliphatic rings. The first kappa shape index (κ1) is 12.1. The summed E-state index contributed by atoms with van der Waals surface area (Å²) in [5, 5.41) is 6.16. The van der Waals surface area contributed by atoms with Crippen molar-refractivity contribution in [3.05, 3.63) is 35.4 Å². The molecule has 0 heterocycles. The highest BCUT2D eigenvalue weighted by Gasteiger charge is 2.25. The van der Waals surface area contributed by atoms with E-state index >= 15 is 0 Å². The Balaban J connectivity index is 1.69. The molecule has 3 heteroatoms. The lowest BCUT2D eigenvalue weighted by Gasteiger charge is -2.30. The van der Waals surface area contributed by atoms with Crippen molar-refractivity contribution in [2.24, 2.45) is 0 Å². The number of fused-ring (bicyclic) bond motifs is 1. The number of carbonyl (C=O) groups excluding carboxylic acids is 1. The van der Waals surface area contributed by atoms with Crippen LogP contribution < -0.4 is 10.6 Å². The molecular weight excluding hydrogens is 212 g/mol. The lowest BCUT2D eigenvalue weighted by molar-refractivity contribution is -0.121. The van der Waals surface area contributed by atoms with Crippen molar-refractivity contribution in [1.82, 2.24) is 10.6 Å². The minimum atomic E-state index is 0.148. The van der Waals surface area contributed by atoms with Gasteiger partial charge in [-0.1, -0.05) is 31.2 Å². The second-order valence-electron chi connectivity index (χ2n) is 4.51. The summed E-state index contributed by atoms with van der Waals surface area (Å²) in [4.78, 5) is 11.5. The Bertz CT molecular complexity index is 390. The first-order chi connectivity index (χ1) is 8.31. The maximum atomic E-state index is 11.5. The van der Waals surface area contributed by atoms with Crippen molar-refractivity contribution >= 4 is 5.91 Å². The highest BCUT2D eigenvalue weighted by atomic mass is 16.1. The second-order valence-corrected chi connectivity index (χ2v) is 4.51. The van der Waals surface area contributed by atoms with Gasteiger partial charge in [-0.3, -0.25) is 4.79 Å². The van der Waals surface area contributed by atoms with Crippen LogP contribution in [0.5, 0.6) is 0 Å². The minimum Gasteiger partial charge on any atom is -0.355 e. The molecule has 1 amide bonds. The summed E-state index contributed by atoms with van der Waals surface area (Å²) in [7, 11) is 0. The summed E-state index contributed by atoms with van der Waals surface area (Å²) in [5.74, 6) is 0.671. The third-order valence-corrected chi connectivity index (χ3v) is 3.29. The number of rotatable bonds is 6. The average molecular weight is 232 g/mol. The van der Waals surface area contributed by atoms with Gasteiger partial charge in [0.1, 0.15) is 0 Å². The van der Waals surface area contributed by atoms with E-state index in [1.165, 1.54) is 11.1 Å². The quantitative estimate of drug-likeness (QED) is 0.729. The Morgan fingerprint density at radius 3 is 3.00 bits per heavy atom. The summed E-state index contributed by atoms with van der Waals surface area (Å²) in [5.41, 5.74) is 2.83. The SMILES string of the molecule is CCNCCC(=O)NCC1Cc2ccccc21. The fourth-order valence-corrected chi connectivity index (χ4v) is 2.25. The molecule has 0 aromatic heterocycles. The van der Waals surface area contributed by atoms with Gasteiger partial charge in [0, 0.05) is 25.4 Å². The lowest BCUT2D eigenvalue weighted by Crippen LogP contribution is -2.34. The highest BCUT2D eigenvalue weighted by Crippen LogP contribution is 2.33. The molecule has 1 aliphatic carbocycles. The predicted molar refractivity (Wildman–Crippen MR) is 69.1 cm³/mol. The smallest absolute Gasteiger partial charge is 0.221 e. The first-order valence-corrected chi connectivity index (χ1v) is 6.36. The largest absolute Gasteiger partial charge is 0.355 e. The van der Waals surface area contributed by atoms with Gasteiger partial charge in [0.25, 0.3) is 0 Å². The summed E-state index contributed by atoms with van der Waals surface area (Å²) in [6.07, 6.45) is 1.67. The summed E-state index contributed by atoms with van der Waals surface area (Å²) < 4.78 is 0. The first-order valence-electron chi connectivity index (χ1n) is 6.36. The van der Waals surface area contributed by atoms with Crippen LogP contribution in [-0.4, -0.2) is 25.5 Å². The molecule has 0 aliphatic heterocycles. The van der Waals surface area contributed by atoms with Crippen molar-refractivity contribution < 1.29 is 4.79 Å². The Morgan fingerprint density at radius 1 is 1.41 bits per heavy atom. The number of nitrogens with one attached hydrogen (secondary N) is 2. The van der Waals surface area contributed by atoms with Gasteiger partial charge in [-0.05, 0) is 24.1 Å². The lowest BCUT2D eigenvalue weighted by atomic mass is 9.77. The van der Waals surface area contributed by atoms with Gasteiger partial charge in [-0.15, -0.1) is 0 Å². The van der Waals surface area contributed by atoms with Gasteiger partial charge >= 0.3 is 0 Å². The predicted octanol–water partition coefficient (Wildman–Crippen LogP) is 1.44. The maximum Gasteiger partial charge on any atom is 0.221 e. The standard InChI is InChI=1S/C14H20N2O/c1-2-15-8-7-14(17)16-10-12-9-11-5-3-4-6-13(11)12/h3-6,12,15H,2,7-10H2,1H3,(H,16,17). The van der Waals surface area contributed by atoms with E-state index in [1.54, 1.807) is 0 Å². The molecule has 1 aromatic rings. The number of hydrogen-bond donors (Lipinski definition) is 2. The van der Waals surface area contributed by atoms with Crippen LogP contribution in [0.3, 0.4) is 0 Å². The molecule has 0 fully saturated rings. The van der Waals surface area contributed by atoms with Crippen molar-refractivity contribution in [3.8, 4) is 0 Å². The fraction of sp³-hybridized carbons (Fsp3) is 0.500. The van der Waals surface area contributed by atoms with Crippen LogP contribution in [-0.2, 0) is 11.2 Å². The second kappa shape index (κ2) is 5.82. The van der Waals surface area contributed by atoms with Gasteiger partial charge in [0.2, 0.25) is 5.91 Å². The normalized spacial score (nSPS) is 17.1. The van der Waals surface area contributed by atoms with E-state index < -0.39 is 0 Å². The van der Waals surface area contributed by atoms with Crippen LogP contribution in [0.4, 0.5) is 0 Å². The number of amides is 1. The molecule has 17 heavy (non-hydrogen) atoms. The van der Waals surface area contributed by atoms with Crippen molar-refractivity contribution in [1.29, 1.82) is 0 Å². The molecular formula is C14H20N2O. The molecule has 1 atom stereocenters. The fourth-order valence-electron chi connectivity index (χ4n) is 2.25. The molecule has 0 saturated heterocycles. The Kier molecular flexibility index (Phi) is 4.15. The molecule has 0 radical (unpaired) electrons. The molecule has 0 saturated carbocycles. The monoisotopic (exact) mass is 232 g/mol. The molecule has 2 rings (SSSR count). The van der Waals surface area contributed by atoms with Gasteiger partial charge in [-0.25, -0.2) is 0 Å². The van der Waals surface area contributed by atoms with E-state index in [1.807, 2.05) is 6.92 Å². The average Bonchev–Trinajstić information content (AvgIpc) is 2.31. The third kappa shape index (κ3) is 3.07. The summed E-state index contributed by atoms with van der Waals surface area (Å²) in [6, 6.07) is 8.47. The molecule has 2 N–H and O–H groups in total. The topological polar surface area (TPSA) is 41.1 Å². The van der Waals surface area contributed by atoms with E-state index in [9.17, 15) is 4.79 Å². The molecule has 3 nitrogen and oxygen atoms in total. The van der Waals surface area contributed by atoms with Crippen LogP contribution in [0.15, 0.2) is 24.3 Å². The summed E-state index contributed by atoms with van der Waals surface area (Å²) in [6.45, 7) is 4.51. The Hall–Kier alpha value is -1.35. The van der Waals surface area contributed by atoms with Crippen LogP contribution >= 0.6 is 0 Å². The molecule has 0 spiro atoms. The zero-order valence-electron chi connectivity index (χ0n) is 10.3. The van der Waals surface area contributed by atoms with Crippen molar-refractivity contribution in [2.75, 3.05) is 19.6 Å². The van der Waals surface area contributed by atoms with Crippen LogP contribution in [0, 0.1) is 0 Å². The minimum absolute atomic E-state index is 0.148. The number of carbonyl (C=O) groups is 1. The molecule has 1 unspecified atom stereocenters. The molecule has 0 bridgehead atoms. The van der Waals surface area contributed by atoms with Gasteiger partial charge in [-0.2, -0.15) is 0 Å².